The third kappa shape index (κ3) is 4.94. The summed E-state index contributed by atoms with van der Waals surface area (Å²) in [5.41, 5.74) is 1.01. The van der Waals surface area contributed by atoms with Crippen LogP contribution in [0.2, 0.25) is 0 Å². The summed E-state index contributed by atoms with van der Waals surface area (Å²) in [5.74, 6) is -0.0207. The molecule has 0 saturated carbocycles. The van der Waals surface area contributed by atoms with Gasteiger partial charge in [-0.15, -0.1) is 11.3 Å². The van der Waals surface area contributed by atoms with Crippen molar-refractivity contribution in [2.45, 2.75) is 19.8 Å². The standard InChI is InChI=1S/C18H16BrClOS/c1-2-6-17-15(19)12-18(22-17)16(21)10-9-14(20)11-13-7-4-3-5-8-13/h3-5,7-12H,2,6H2,1H3/b10-9+,14-11-. The van der Waals surface area contributed by atoms with Gasteiger partial charge in [-0.2, -0.15) is 0 Å². The summed E-state index contributed by atoms with van der Waals surface area (Å²) in [4.78, 5) is 14.1. The number of carbonyl (C=O) groups excluding carboxylic acids is 1. The van der Waals surface area contributed by atoms with E-state index in [2.05, 4.69) is 22.9 Å². The van der Waals surface area contributed by atoms with E-state index in [0.717, 1.165) is 27.8 Å². The molecular formula is C18H16BrClOS. The van der Waals surface area contributed by atoms with Gasteiger partial charge in [-0.25, -0.2) is 0 Å². The molecule has 0 amide bonds. The molecule has 0 fully saturated rings. The van der Waals surface area contributed by atoms with Crippen molar-refractivity contribution < 1.29 is 4.79 Å². The lowest BCUT2D eigenvalue weighted by Crippen LogP contribution is -1.88. The van der Waals surface area contributed by atoms with Crippen LogP contribution >= 0.6 is 38.9 Å². The molecule has 114 valence electrons. The lowest BCUT2D eigenvalue weighted by atomic mass is 10.2. The Morgan fingerprint density at radius 3 is 2.68 bits per heavy atom. The summed E-state index contributed by atoms with van der Waals surface area (Å²) >= 11 is 11.2. The van der Waals surface area contributed by atoms with Gasteiger partial charge in [0.25, 0.3) is 0 Å². The van der Waals surface area contributed by atoms with Gasteiger partial charge in [0.2, 0.25) is 0 Å². The number of rotatable bonds is 6. The van der Waals surface area contributed by atoms with Crippen LogP contribution < -0.4 is 0 Å². The number of aryl methyl sites for hydroxylation is 1. The Morgan fingerprint density at radius 2 is 2.00 bits per heavy atom. The van der Waals surface area contributed by atoms with Gasteiger partial charge in [0.05, 0.1) is 4.88 Å². The third-order valence-electron chi connectivity index (χ3n) is 2.98. The topological polar surface area (TPSA) is 17.1 Å². The van der Waals surface area contributed by atoms with Crippen LogP contribution in [-0.4, -0.2) is 5.78 Å². The highest BCUT2D eigenvalue weighted by Gasteiger charge is 2.10. The molecule has 0 radical (unpaired) electrons. The molecule has 0 saturated heterocycles. The normalized spacial score (nSPS) is 12.0. The van der Waals surface area contributed by atoms with Crippen molar-refractivity contribution in [3.8, 4) is 0 Å². The fourth-order valence-electron chi connectivity index (χ4n) is 1.92. The fraction of sp³-hybridized carbons (Fsp3) is 0.167. The molecule has 0 spiro atoms. The number of benzene rings is 1. The first kappa shape index (κ1) is 17.2. The molecule has 0 aliphatic carbocycles. The molecule has 1 nitrogen and oxygen atoms in total. The zero-order valence-electron chi connectivity index (χ0n) is 12.2. The molecule has 1 aromatic carbocycles. The number of ketones is 1. The van der Waals surface area contributed by atoms with E-state index in [-0.39, 0.29) is 5.78 Å². The zero-order chi connectivity index (χ0) is 15.9. The van der Waals surface area contributed by atoms with Crippen LogP contribution in [0.3, 0.4) is 0 Å². The summed E-state index contributed by atoms with van der Waals surface area (Å²) in [5, 5.41) is 0.531. The number of halogens is 2. The summed E-state index contributed by atoms with van der Waals surface area (Å²) < 4.78 is 1.02. The Morgan fingerprint density at radius 1 is 1.27 bits per heavy atom. The first-order valence-corrected chi connectivity index (χ1v) is 9.01. The van der Waals surface area contributed by atoms with E-state index in [9.17, 15) is 4.79 Å². The second-order valence-electron chi connectivity index (χ2n) is 4.77. The summed E-state index contributed by atoms with van der Waals surface area (Å²) in [6.07, 6.45) is 7.04. The lowest BCUT2D eigenvalue weighted by Gasteiger charge is -1.93. The fourth-order valence-corrected chi connectivity index (χ4v) is 4.00. The monoisotopic (exact) mass is 394 g/mol. The molecular weight excluding hydrogens is 380 g/mol. The highest BCUT2D eigenvalue weighted by molar-refractivity contribution is 9.10. The SMILES string of the molecule is CCCc1sc(C(=O)/C=C/C(Cl)=C/c2ccccc2)cc1Br. The average Bonchev–Trinajstić information content (AvgIpc) is 2.87. The quantitative estimate of drug-likeness (QED) is 0.311. The maximum absolute atomic E-state index is 12.2. The second-order valence-corrected chi connectivity index (χ2v) is 7.20. The predicted octanol–water partition coefficient (Wildman–Crippen LogP) is 6.48. The highest BCUT2D eigenvalue weighted by atomic mass is 79.9. The van der Waals surface area contributed by atoms with Crippen molar-refractivity contribution in [1.82, 2.24) is 0 Å². The van der Waals surface area contributed by atoms with Crippen LogP contribution in [0.25, 0.3) is 6.08 Å². The molecule has 4 heteroatoms. The molecule has 2 rings (SSSR count). The molecule has 0 N–H and O–H groups in total. The second kappa shape index (κ2) is 8.47. The van der Waals surface area contributed by atoms with Crippen molar-refractivity contribution in [1.29, 1.82) is 0 Å². The minimum Gasteiger partial charge on any atom is -0.288 e. The third-order valence-corrected chi connectivity index (χ3v) is 5.39. The smallest absolute Gasteiger partial charge is 0.195 e. The summed E-state index contributed by atoms with van der Waals surface area (Å²) in [6.45, 7) is 2.13. The molecule has 1 aromatic heterocycles. The van der Waals surface area contributed by atoms with Gasteiger partial charge < -0.3 is 0 Å². The largest absolute Gasteiger partial charge is 0.288 e. The first-order chi connectivity index (χ1) is 10.6. The number of thiophene rings is 1. The first-order valence-electron chi connectivity index (χ1n) is 7.03. The summed E-state index contributed by atoms with van der Waals surface area (Å²) in [6, 6.07) is 11.7. The van der Waals surface area contributed by atoms with E-state index in [4.69, 9.17) is 11.6 Å². The van der Waals surface area contributed by atoms with Crippen molar-refractivity contribution >= 4 is 50.7 Å². The molecule has 0 bridgehead atoms. The van der Waals surface area contributed by atoms with Crippen LogP contribution in [0, 0.1) is 0 Å². The predicted molar refractivity (Wildman–Crippen MR) is 99.8 cm³/mol. The highest BCUT2D eigenvalue weighted by Crippen LogP contribution is 2.29. The van der Waals surface area contributed by atoms with Crippen molar-refractivity contribution in [2.75, 3.05) is 0 Å². The van der Waals surface area contributed by atoms with Gasteiger partial charge in [0.15, 0.2) is 5.78 Å². The minimum atomic E-state index is -0.0207. The summed E-state index contributed by atoms with van der Waals surface area (Å²) in [7, 11) is 0. The van der Waals surface area contributed by atoms with Crippen molar-refractivity contribution in [2.24, 2.45) is 0 Å². The average molecular weight is 396 g/mol. The number of hydrogen-bond donors (Lipinski definition) is 0. The molecule has 0 unspecified atom stereocenters. The Kier molecular flexibility index (Phi) is 6.62. The molecule has 1 heterocycles. The molecule has 0 aliphatic rings. The van der Waals surface area contributed by atoms with Gasteiger partial charge in [0.1, 0.15) is 0 Å². The Hall–Kier alpha value is -1.16. The van der Waals surface area contributed by atoms with Crippen LogP contribution in [-0.2, 0) is 6.42 Å². The van der Waals surface area contributed by atoms with Crippen LogP contribution in [0.5, 0.6) is 0 Å². The van der Waals surface area contributed by atoms with E-state index in [1.165, 1.54) is 22.3 Å². The van der Waals surface area contributed by atoms with Crippen molar-refractivity contribution in [3.05, 3.63) is 73.4 Å². The number of hydrogen-bond acceptors (Lipinski definition) is 2. The van der Waals surface area contributed by atoms with Gasteiger partial charge in [-0.05, 0) is 52.2 Å². The number of allylic oxidation sites excluding steroid dienone is 3. The van der Waals surface area contributed by atoms with Gasteiger partial charge in [-0.3, -0.25) is 4.79 Å². The Bertz CT molecular complexity index is 701. The van der Waals surface area contributed by atoms with Crippen LogP contribution in [0.15, 0.2) is 58.1 Å². The molecule has 2 aromatic rings. The van der Waals surface area contributed by atoms with Gasteiger partial charge >= 0.3 is 0 Å². The lowest BCUT2D eigenvalue weighted by molar-refractivity contribution is 0.105. The van der Waals surface area contributed by atoms with E-state index in [1.54, 1.807) is 6.08 Å². The van der Waals surface area contributed by atoms with Crippen LogP contribution in [0.1, 0.15) is 33.5 Å². The molecule has 0 atom stereocenters. The number of carbonyl (C=O) groups is 1. The van der Waals surface area contributed by atoms with E-state index in [1.807, 2.05) is 42.5 Å². The Balaban J connectivity index is 2.08. The molecule has 22 heavy (non-hydrogen) atoms. The van der Waals surface area contributed by atoms with Crippen LogP contribution in [0.4, 0.5) is 0 Å². The van der Waals surface area contributed by atoms with Gasteiger partial charge in [0, 0.05) is 14.4 Å². The minimum absolute atomic E-state index is 0.0207. The maximum atomic E-state index is 12.2. The maximum Gasteiger partial charge on any atom is 0.195 e. The molecule has 0 aliphatic heterocycles. The Labute approximate surface area is 148 Å². The van der Waals surface area contributed by atoms with E-state index < -0.39 is 0 Å². The van der Waals surface area contributed by atoms with Gasteiger partial charge in [-0.1, -0.05) is 55.3 Å². The van der Waals surface area contributed by atoms with E-state index in [0.29, 0.717) is 5.03 Å². The van der Waals surface area contributed by atoms with Crippen molar-refractivity contribution in [3.63, 3.8) is 0 Å². The van der Waals surface area contributed by atoms with E-state index >= 15 is 0 Å². The zero-order valence-corrected chi connectivity index (χ0v) is 15.3.